The molecule has 2 N–H and O–H groups in total. The molecule has 1 unspecified atom stereocenters. The van der Waals surface area contributed by atoms with Gasteiger partial charge in [-0.3, -0.25) is 0 Å². The normalized spacial score (nSPS) is 15.0. The zero-order valence-electron chi connectivity index (χ0n) is 13.5. The summed E-state index contributed by atoms with van der Waals surface area (Å²) in [6, 6.07) is 8.37. The zero-order valence-corrected chi connectivity index (χ0v) is 14.3. The minimum Gasteiger partial charge on any atom is -0.486 e. The standard InChI is InChI=1S/C17H18FNO5S/c1-11-8-13(18)3-5-17(11)25(21,22)19-10-14(20)12-2-4-15-16(9-12)24-7-6-23-15/h2-5,8-9,14,19-20H,6-7,10H2,1H3. The van der Waals surface area contributed by atoms with Crippen molar-refractivity contribution in [2.45, 2.75) is 17.9 Å². The second-order valence-electron chi connectivity index (χ2n) is 5.68. The third-order valence-electron chi connectivity index (χ3n) is 3.84. The number of halogens is 1. The maximum absolute atomic E-state index is 13.1. The Kier molecular flexibility index (Phi) is 4.94. The number of sulfonamides is 1. The molecule has 0 aromatic heterocycles. The predicted octanol–water partition coefficient (Wildman–Crippen LogP) is 1.92. The van der Waals surface area contributed by atoms with Crippen LogP contribution in [0.25, 0.3) is 0 Å². The SMILES string of the molecule is Cc1cc(F)ccc1S(=O)(=O)NCC(O)c1ccc2c(c1)OCCO2. The third-order valence-corrected chi connectivity index (χ3v) is 5.43. The van der Waals surface area contributed by atoms with Crippen LogP contribution in [0.15, 0.2) is 41.3 Å². The Bertz CT molecular complexity index is 885. The van der Waals surface area contributed by atoms with Gasteiger partial charge in [0.1, 0.15) is 19.0 Å². The minimum atomic E-state index is -3.86. The van der Waals surface area contributed by atoms with Crippen molar-refractivity contribution in [3.8, 4) is 11.5 Å². The molecule has 1 heterocycles. The first-order chi connectivity index (χ1) is 11.9. The van der Waals surface area contributed by atoms with Gasteiger partial charge in [-0.2, -0.15) is 0 Å². The number of benzene rings is 2. The molecule has 1 aliphatic heterocycles. The highest BCUT2D eigenvalue weighted by molar-refractivity contribution is 7.89. The fourth-order valence-corrected chi connectivity index (χ4v) is 3.83. The van der Waals surface area contributed by atoms with Crippen molar-refractivity contribution in [2.75, 3.05) is 19.8 Å². The minimum absolute atomic E-state index is 0.0247. The number of ether oxygens (including phenoxy) is 2. The Balaban J connectivity index is 1.72. The van der Waals surface area contributed by atoms with E-state index in [1.807, 2.05) is 0 Å². The molecule has 0 fully saturated rings. The Labute approximate surface area is 145 Å². The summed E-state index contributed by atoms with van der Waals surface area (Å²) in [6.07, 6.45) is -1.06. The first kappa shape index (κ1) is 17.7. The highest BCUT2D eigenvalue weighted by atomic mass is 32.2. The summed E-state index contributed by atoms with van der Waals surface area (Å²) in [6.45, 7) is 2.17. The molecule has 1 aliphatic rings. The molecule has 0 saturated heterocycles. The molecule has 1 atom stereocenters. The van der Waals surface area contributed by atoms with Crippen LogP contribution in [0, 0.1) is 12.7 Å². The number of nitrogens with one attached hydrogen (secondary N) is 1. The van der Waals surface area contributed by atoms with Gasteiger partial charge in [0, 0.05) is 6.54 Å². The van der Waals surface area contributed by atoms with E-state index in [0.717, 1.165) is 12.1 Å². The Morgan fingerprint density at radius 3 is 2.60 bits per heavy atom. The number of fused-ring (bicyclic) bond motifs is 1. The Morgan fingerprint density at radius 1 is 1.16 bits per heavy atom. The Morgan fingerprint density at radius 2 is 1.88 bits per heavy atom. The van der Waals surface area contributed by atoms with Crippen molar-refractivity contribution in [3.63, 3.8) is 0 Å². The molecule has 2 aromatic carbocycles. The molecule has 0 amide bonds. The van der Waals surface area contributed by atoms with Crippen molar-refractivity contribution in [3.05, 3.63) is 53.3 Å². The first-order valence-electron chi connectivity index (χ1n) is 7.70. The monoisotopic (exact) mass is 367 g/mol. The van der Waals surface area contributed by atoms with Crippen molar-refractivity contribution in [1.82, 2.24) is 4.72 Å². The fraction of sp³-hybridized carbons (Fsp3) is 0.294. The number of aliphatic hydroxyl groups is 1. The molecule has 6 nitrogen and oxygen atoms in total. The maximum Gasteiger partial charge on any atom is 0.240 e. The fourth-order valence-electron chi connectivity index (χ4n) is 2.57. The summed E-state index contributed by atoms with van der Waals surface area (Å²) in [5.74, 6) is 0.595. The molecule has 8 heteroatoms. The number of aliphatic hydroxyl groups excluding tert-OH is 1. The molecule has 0 spiro atoms. The van der Waals surface area contributed by atoms with E-state index in [2.05, 4.69) is 4.72 Å². The topological polar surface area (TPSA) is 84.9 Å². The van der Waals surface area contributed by atoms with E-state index >= 15 is 0 Å². The van der Waals surface area contributed by atoms with Crippen LogP contribution in [-0.2, 0) is 10.0 Å². The molecule has 2 aromatic rings. The largest absolute Gasteiger partial charge is 0.486 e. The van der Waals surface area contributed by atoms with Crippen molar-refractivity contribution in [2.24, 2.45) is 0 Å². The average molecular weight is 367 g/mol. The molecule has 0 aliphatic carbocycles. The molecule has 0 saturated carbocycles. The second kappa shape index (κ2) is 6.99. The van der Waals surface area contributed by atoms with Gasteiger partial charge in [0.25, 0.3) is 0 Å². The summed E-state index contributed by atoms with van der Waals surface area (Å²) >= 11 is 0. The summed E-state index contributed by atoms with van der Waals surface area (Å²) in [7, 11) is -3.86. The Hall–Kier alpha value is -2.16. The van der Waals surface area contributed by atoms with E-state index < -0.39 is 21.9 Å². The summed E-state index contributed by atoms with van der Waals surface area (Å²) in [4.78, 5) is -0.0247. The molecule has 134 valence electrons. The van der Waals surface area contributed by atoms with Gasteiger partial charge in [0.15, 0.2) is 11.5 Å². The van der Waals surface area contributed by atoms with Crippen LogP contribution < -0.4 is 14.2 Å². The highest BCUT2D eigenvalue weighted by Crippen LogP contribution is 2.32. The lowest BCUT2D eigenvalue weighted by Gasteiger charge is -2.20. The lowest BCUT2D eigenvalue weighted by Crippen LogP contribution is -2.29. The van der Waals surface area contributed by atoms with E-state index in [1.165, 1.54) is 13.0 Å². The van der Waals surface area contributed by atoms with Crippen LogP contribution in [0.3, 0.4) is 0 Å². The lowest BCUT2D eigenvalue weighted by molar-refractivity contribution is 0.165. The zero-order chi connectivity index (χ0) is 18.0. The van der Waals surface area contributed by atoms with Gasteiger partial charge >= 0.3 is 0 Å². The summed E-state index contributed by atoms with van der Waals surface area (Å²) in [5.41, 5.74) is 0.795. The summed E-state index contributed by atoms with van der Waals surface area (Å²) < 4.78 is 51.0. The molecule has 0 radical (unpaired) electrons. The van der Waals surface area contributed by atoms with Crippen LogP contribution in [0.1, 0.15) is 17.2 Å². The van der Waals surface area contributed by atoms with E-state index in [0.29, 0.717) is 35.8 Å². The molecule has 25 heavy (non-hydrogen) atoms. The van der Waals surface area contributed by atoms with Gasteiger partial charge in [-0.25, -0.2) is 17.5 Å². The van der Waals surface area contributed by atoms with E-state index in [1.54, 1.807) is 18.2 Å². The highest BCUT2D eigenvalue weighted by Gasteiger charge is 2.20. The van der Waals surface area contributed by atoms with Crippen molar-refractivity contribution < 1.29 is 27.4 Å². The van der Waals surface area contributed by atoms with Crippen LogP contribution in [0.5, 0.6) is 11.5 Å². The van der Waals surface area contributed by atoms with Crippen LogP contribution >= 0.6 is 0 Å². The van der Waals surface area contributed by atoms with Crippen LogP contribution in [-0.4, -0.2) is 33.3 Å². The number of hydrogen-bond acceptors (Lipinski definition) is 5. The van der Waals surface area contributed by atoms with Crippen LogP contribution in [0.4, 0.5) is 4.39 Å². The van der Waals surface area contributed by atoms with E-state index in [9.17, 15) is 17.9 Å². The quantitative estimate of drug-likeness (QED) is 0.843. The van der Waals surface area contributed by atoms with E-state index in [-0.39, 0.29) is 11.4 Å². The summed E-state index contributed by atoms with van der Waals surface area (Å²) in [5, 5.41) is 10.3. The third kappa shape index (κ3) is 3.92. The average Bonchev–Trinajstić information content (AvgIpc) is 2.59. The van der Waals surface area contributed by atoms with Gasteiger partial charge in [-0.05, 0) is 48.4 Å². The van der Waals surface area contributed by atoms with Crippen LogP contribution in [0.2, 0.25) is 0 Å². The van der Waals surface area contributed by atoms with E-state index in [4.69, 9.17) is 9.47 Å². The maximum atomic E-state index is 13.1. The first-order valence-corrected chi connectivity index (χ1v) is 9.18. The molecule has 0 bridgehead atoms. The molecular weight excluding hydrogens is 349 g/mol. The van der Waals surface area contributed by atoms with Gasteiger partial charge in [0.05, 0.1) is 11.0 Å². The van der Waals surface area contributed by atoms with Crippen molar-refractivity contribution >= 4 is 10.0 Å². The van der Waals surface area contributed by atoms with Gasteiger partial charge in [0.2, 0.25) is 10.0 Å². The van der Waals surface area contributed by atoms with Gasteiger partial charge in [-0.15, -0.1) is 0 Å². The molecule has 3 rings (SSSR count). The number of hydrogen-bond donors (Lipinski definition) is 2. The van der Waals surface area contributed by atoms with Gasteiger partial charge in [-0.1, -0.05) is 6.07 Å². The smallest absolute Gasteiger partial charge is 0.240 e. The number of aryl methyl sites for hydroxylation is 1. The van der Waals surface area contributed by atoms with Gasteiger partial charge < -0.3 is 14.6 Å². The predicted molar refractivity (Wildman–Crippen MR) is 88.7 cm³/mol. The second-order valence-corrected chi connectivity index (χ2v) is 7.42. The van der Waals surface area contributed by atoms with Crippen molar-refractivity contribution in [1.29, 1.82) is 0 Å². The number of rotatable bonds is 5. The lowest BCUT2D eigenvalue weighted by atomic mass is 10.1. The molecular formula is C17H18FNO5S.